The van der Waals surface area contributed by atoms with Crippen LogP contribution in [0.2, 0.25) is 0 Å². The van der Waals surface area contributed by atoms with Crippen LogP contribution in [0.1, 0.15) is 202 Å². The molecule has 2 aliphatic heterocycles. The zero-order chi connectivity index (χ0) is 61.1. The van der Waals surface area contributed by atoms with Crippen molar-refractivity contribution >= 4 is 60.4 Å². The lowest BCUT2D eigenvalue weighted by Crippen LogP contribution is -2.67. The normalized spacial score (nSPS) is 23.4. The lowest BCUT2D eigenvalue weighted by Gasteiger charge is -2.48. The number of phosphoric ester groups is 1. The predicted octanol–water partition coefficient (Wildman–Crippen LogP) is 14.7. The number of Topliss-reactive ketones (excluding diaryl/α,β-unsaturated/α-hetero) is 1. The van der Waals surface area contributed by atoms with Crippen molar-refractivity contribution in [3.8, 4) is 0 Å². The number of alkyl halides is 3. The van der Waals surface area contributed by atoms with Gasteiger partial charge in [-0.25, -0.2) is 9.36 Å². The van der Waals surface area contributed by atoms with Gasteiger partial charge in [0.25, 0.3) is 0 Å². The van der Waals surface area contributed by atoms with Crippen LogP contribution in [0, 0.1) is 5.92 Å². The standard InChI is InChI=1S/C61H108Cl3N2O16P/c1-10-16-19-22-24-26-27-30-32-35-48(67)43-52(68)65-53-55(73-41-34-31-28-25-23-20-17-11-2)47(7)50(80-58(53)75-38-13-4)45-76-59-54(66-60(69)77-46-61(62,63)64)57(74-42-37-49(72-9)36-33-29-21-18-12-3)56(51(81-59)44-71-8)82-83(70,78-39-14-5)79-40-15-6/h13-15,38,47,49-51,53-59H,5-6,10-12,16-37,39-46H2,1-4,7-9H3,(H,65,68)(H,66,69)/b38-13-/t47-,49-,50-,51-,53-,54-,55+,56-,57-,58+,59-/m1/s1. The van der Waals surface area contributed by atoms with Crippen LogP contribution in [0.4, 0.5) is 4.79 Å². The second-order valence-electron chi connectivity index (χ2n) is 21.8. The summed E-state index contributed by atoms with van der Waals surface area (Å²) in [7, 11) is -1.36. The predicted molar refractivity (Wildman–Crippen MR) is 328 cm³/mol. The molecule has 22 heteroatoms. The number of unbranched alkanes of at least 4 members (excludes halogenated alkanes) is 19. The SMILES string of the molecule is C=CCOP(=O)(OCC=C)O[C@H]1[C@H](OCC[C@@H](CCCCCCC)OC)[C@@H](NC(=O)OCC(Cl)(Cl)Cl)[C@H](OC[C@H]2O[C@H](O/C=C\C)[C@H](NC(=O)CC(=O)CCCCCCCCCCC)[C@@H](OCCCCCCCCCC)[C@@H]2C)O[C@@H]1COC. The number of phosphoric acid groups is 1. The number of amides is 2. The summed E-state index contributed by atoms with van der Waals surface area (Å²) < 4.78 is 86.8. The summed E-state index contributed by atoms with van der Waals surface area (Å²) in [6, 6.07) is -2.13. The Bertz CT molecular complexity index is 1790. The number of carbonyl (C=O) groups excluding carboxylic acids is 3. The van der Waals surface area contributed by atoms with Crippen molar-refractivity contribution in [3.63, 3.8) is 0 Å². The molecule has 2 heterocycles. The fraction of sp³-hybridized carbons (Fsp3) is 0.852. The maximum Gasteiger partial charge on any atom is 0.475 e. The molecule has 0 radical (unpaired) electrons. The van der Waals surface area contributed by atoms with Gasteiger partial charge in [-0.05, 0) is 32.6 Å². The highest BCUT2D eigenvalue weighted by Crippen LogP contribution is 2.52. The number of hydrogen-bond donors (Lipinski definition) is 2. The smallest absolute Gasteiger partial charge is 0.471 e. The van der Waals surface area contributed by atoms with E-state index in [-0.39, 0.29) is 51.3 Å². The summed E-state index contributed by atoms with van der Waals surface area (Å²) in [6.45, 7) is 16.8. The number of hydrogen-bond acceptors (Lipinski definition) is 16. The van der Waals surface area contributed by atoms with Crippen molar-refractivity contribution in [1.82, 2.24) is 10.6 Å². The van der Waals surface area contributed by atoms with Crippen LogP contribution < -0.4 is 10.6 Å². The molecule has 0 aromatic carbocycles. The number of halogens is 3. The van der Waals surface area contributed by atoms with Crippen molar-refractivity contribution in [3.05, 3.63) is 37.6 Å². The van der Waals surface area contributed by atoms with E-state index in [4.69, 9.17) is 91.0 Å². The van der Waals surface area contributed by atoms with Crippen LogP contribution in [0.5, 0.6) is 0 Å². The maximum atomic E-state index is 14.5. The van der Waals surface area contributed by atoms with E-state index in [9.17, 15) is 18.9 Å². The zero-order valence-electron chi connectivity index (χ0n) is 51.5. The molecule has 0 unspecified atom stereocenters. The van der Waals surface area contributed by atoms with Gasteiger partial charge in [0.15, 0.2) is 6.29 Å². The van der Waals surface area contributed by atoms with Crippen molar-refractivity contribution in [2.75, 3.05) is 60.5 Å². The third kappa shape index (κ3) is 33.9. The second kappa shape index (κ2) is 47.2. The Kier molecular flexibility index (Phi) is 43.9. The van der Waals surface area contributed by atoms with Crippen LogP contribution in [0.15, 0.2) is 37.6 Å². The van der Waals surface area contributed by atoms with E-state index in [0.29, 0.717) is 19.4 Å². The van der Waals surface area contributed by atoms with Gasteiger partial charge in [0.1, 0.15) is 42.8 Å². The average molecular weight is 1260 g/mol. The van der Waals surface area contributed by atoms with Crippen LogP contribution in [-0.4, -0.2) is 143 Å². The lowest BCUT2D eigenvalue weighted by molar-refractivity contribution is -0.297. The second-order valence-corrected chi connectivity index (χ2v) is 25.9. The van der Waals surface area contributed by atoms with E-state index in [1.165, 1.54) is 83.3 Å². The quantitative estimate of drug-likeness (QED) is 0.0145. The highest BCUT2D eigenvalue weighted by Gasteiger charge is 2.53. The highest BCUT2D eigenvalue weighted by atomic mass is 35.6. The third-order valence-corrected chi connectivity index (χ3v) is 16.4. The molecule has 0 spiro atoms. The van der Waals surface area contributed by atoms with E-state index in [1.807, 2.05) is 6.92 Å². The van der Waals surface area contributed by atoms with Gasteiger partial charge in [-0.1, -0.05) is 209 Å². The number of ketones is 1. The topological polar surface area (TPSA) is 203 Å². The molecule has 83 heavy (non-hydrogen) atoms. The molecule has 2 N–H and O–H groups in total. The molecule has 18 nitrogen and oxygen atoms in total. The molecule has 11 atom stereocenters. The van der Waals surface area contributed by atoms with Gasteiger partial charge in [0, 0.05) is 39.8 Å². The van der Waals surface area contributed by atoms with Crippen LogP contribution in [0.25, 0.3) is 0 Å². The molecule has 0 saturated carbocycles. The van der Waals surface area contributed by atoms with E-state index in [0.717, 1.165) is 89.9 Å². The van der Waals surface area contributed by atoms with Crippen LogP contribution in [0.3, 0.4) is 0 Å². The number of ether oxygens (including phenoxy) is 9. The molecule has 2 fully saturated rings. The average Bonchev–Trinajstić information content (AvgIpc) is 3.65. The largest absolute Gasteiger partial charge is 0.475 e. The maximum absolute atomic E-state index is 14.5. The Morgan fingerprint density at radius 3 is 1.75 bits per heavy atom. The van der Waals surface area contributed by atoms with Gasteiger partial charge < -0.3 is 53.3 Å². The Balaban J connectivity index is 2.59. The first kappa shape index (κ1) is 77.2. The number of alkyl carbamates (subject to hydrolysis) is 1. The first-order valence-corrected chi connectivity index (χ1v) is 33.7. The third-order valence-electron chi connectivity index (χ3n) is 14.7. The first-order chi connectivity index (χ1) is 40.0. The Labute approximate surface area is 514 Å². The van der Waals surface area contributed by atoms with Gasteiger partial charge in [-0.3, -0.25) is 23.2 Å². The van der Waals surface area contributed by atoms with E-state index in [2.05, 4.69) is 44.6 Å². The number of allylic oxidation sites excluding steroid dienone is 1. The number of rotatable bonds is 51. The monoisotopic (exact) mass is 1260 g/mol. The molecule has 484 valence electrons. The van der Waals surface area contributed by atoms with Gasteiger partial charge in [-0.15, -0.1) is 13.2 Å². The minimum Gasteiger partial charge on any atom is -0.471 e. The minimum atomic E-state index is -4.47. The van der Waals surface area contributed by atoms with Gasteiger partial charge in [0.05, 0.1) is 57.4 Å². The molecule has 2 rings (SSSR count). The molecule has 2 saturated heterocycles. The van der Waals surface area contributed by atoms with Crippen LogP contribution >= 0.6 is 42.6 Å². The molecular weight excluding hydrogens is 1150 g/mol. The lowest BCUT2D eigenvalue weighted by atomic mass is 9.88. The van der Waals surface area contributed by atoms with Crippen molar-refractivity contribution < 1.29 is 75.2 Å². The summed E-state index contributed by atoms with van der Waals surface area (Å²) in [5, 5.41) is 5.87. The van der Waals surface area contributed by atoms with Crippen LogP contribution in [-0.2, 0) is 70.4 Å². The van der Waals surface area contributed by atoms with Gasteiger partial charge >= 0.3 is 13.9 Å². The summed E-state index contributed by atoms with van der Waals surface area (Å²) in [6.07, 6.45) is 22.7. The van der Waals surface area contributed by atoms with E-state index < -0.39 is 91.3 Å². The van der Waals surface area contributed by atoms with Gasteiger partial charge in [0.2, 0.25) is 16.0 Å². The molecular formula is C61H108Cl3N2O16P. The minimum absolute atomic E-state index is 0.0691. The van der Waals surface area contributed by atoms with Crippen molar-refractivity contribution in [2.24, 2.45) is 5.92 Å². The summed E-state index contributed by atoms with van der Waals surface area (Å²) >= 11 is 18.1. The fourth-order valence-electron chi connectivity index (χ4n) is 10.1. The Morgan fingerprint density at radius 1 is 0.651 bits per heavy atom. The van der Waals surface area contributed by atoms with Gasteiger partial charge in [-0.2, -0.15) is 0 Å². The molecule has 0 aliphatic carbocycles. The number of carbonyl (C=O) groups is 3. The summed E-state index contributed by atoms with van der Waals surface area (Å²) in [4.78, 5) is 40.9. The van der Waals surface area contributed by atoms with Crippen molar-refractivity contribution in [1.29, 1.82) is 0 Å². The molecule has 0 aromatic heterocycles. The zero-order valence-corrected chi connectivity index (χ0v) is 54.7. The summed E-state index contributed by atoms with van der Waals surface area (Å²) in [5.74, 6) is -1.06. The van der Waals surface area contributed by atoms with E-state index >= 15 is 0 Å². The molecule has 2 aliphatic rings. The molecule has 0 bridgehead atoms. The molecule has 2 amide bonds. The Hall–Kier alpha value is -1.87. The van der Waals surface area contributed by atoms with E-state index in [1.54, 1.807) is 20.1 Å². The summed E-state index contributed by atoms with van der Waals surface area (Å²) in [5.41, 5.74) is 0. The fourth-order valence-corrected chi connectivity index (χ4v) is 11.6. The molecule has 0 aromatic rings. The highest BCUT2D eigenvalue weighted by molar-refractivity contribution is 7.48. The first-order valence-electron chi connectivity index (χ1n) is 31.1. The number of methoxy groups -OCH3 is 2. The van der Waals surface area contributed by atoms with Crippen molar-refractivity contribution in [2.45, 2.75) is 267 Å². The number of nitrogens with one attached hydrogen (secondary N) is 2. The Morgan fingerprint density at radius 2 is 1.19 bits per heavy atom.